The molecule has 2 heterocycles. The molecule has 21 heavy (non-hydrogen) atoms. The molecule has 2 aliphatic heterocycles. The van der Waals surface area contributed by atoms with Crippen molar-refractivity contribution in [1.82, 2.24) is 0 Å². The van der Waals surface area contributed by atoms with Gasteiger partial charge in [0.2, 0.25) is 11.6 Å². The monoisotopic (exact) mass is 287 g/mol. The molecule has 0 bridgehead atoms. The van der Waals surface area contributed by atoms with Crippen LogP contribution in [0.5, 0.6) is 5.75 Å². The van der Waals surface area contributed by atoms with Crippen LogP contribution in [-0.4, -0.2) is 11.6 Å². The quantitative estimate of drug-likeness (QED) is 0.762. The zero-order valence-corrected chi connectivity index (χ0v) is 11.9. The van der Waals surface area contributed by atoms with E-state index in [-0.39, 0.29) is 11.5 Å². The van der Waals surface area contributed by atoms with E-state index in [9.17, 15) is 4.79 Å². The first-order valence-electron chi connectivity index (χ1n) is 6.72. The van der Waals surface area contributed by atoms with E-state index < -0.39 is 11.6 Å². The topological polar surface area (TPSA) is 99.6 Å². The van der Waals surface area contributed by atoms with Gasteiger partial charge in [-0.3, -0.25) is 4.79 Å². The Balaban J connectivity index is 2.09. The lowest BCUT2D eigenvalue weighted by Gasteiger charge is -2.31. The molecule has 1 spiro atoms. The molecule has 1 atom stereocenters. The van der Waals surface area contributed by atoms with Crippen LogP contribution >= 0.6 is 0 Å². The highest BCUT2D eigenvalue weighted by atomic mass is 16.5. The van der Waals surface area contributed by atoms with Crippen molar-refractivity contribution >= 4 is 11.6 Å². The summed E-state index contributed by atoms with van der Waals surface area (Å²) in [5, 5.41) is 3.20. The van der Waals surface area contributed by atoms with Crippen molar-refractivity contribution in [2.75, 3.05) is 5.32 Å². The van der Waals surface area contributed by atoms with Gasteiger partial charge in [0.05, 0.1) is 5.69 Å². The number of rotatable bonds is 2. The van der Waals surface area contributed by atoms with Gasteiger partial charge in [-0.25, -0.2) is 0 Å². The molecule has 0 fully saturated rings. The Kier molecular flexibility index (Phi) is 2.83. The number of nitrogens with two attached hydrogens (primary N) is 2. The van der Waals surface area contributed by atoms with E-state index in [1.54, 1.807) is 13.0 Å². The molecule has 6 heteroatoms. The van der Waals surface area contributed by atoms with E-state index in [0.29, 0.717) is 11.5 Å². The van der Waals surface area contributed by atoms with Crippen LogP contribution in [0.15, 0.2) is 41.5 Å². The van der Waals surface area contributed by atoms with Crippen molar-refractivity contribution < 1.29 is 14.3 Å². The Labute approximate surface area is 122 Å². The standard InChI is InChI=1S/C15H17N3O3/c1-3-9-4-5-11-10(6-9)18-15(21-11)7-8(2)20-14(17)12(15)13(16)19/h4-7,18H,3,17H2,1-2H3,(H2,16,19)/t15-/m0/s1. The lowest BCUT2D eigenvalue weighted by atomic mass is 9.99. The second-order valence-electron chi connectivity index (χ2n) is 5.11. The number of fused-ring (bicyclic) bond motifs is 1. The van der Waals surface area contributed by atoms with Crippen molar-refractivity contribution in [2.24, 2.45) is 11.5 Å². The molecule has 110 valence electrons. The predicted octanol–water partition coefficient (Wildman–Crippen LogP) is 1.34. The number of ether oxygens (including phenoxy) is 2. The molecule has 1 aromatic carbocycles. The van der Waals surface area contributed by atoms with Crippen molar-refractivity contribution in [2.45, 2.75) is 26.0 Å². The Bertz CT molecular complexity index is 693. The zero-order valence-electron chi connectivity index (χ0n) is 11.9. The first kappa shape index (κ1) is 13.4. The third kappa shape index (κ3) is 1.99. The number of aryl methyl sites for hydroxylation is 1. The number of allylic oxidation sites excluding steroid dienone is 1. The number of nitrogens with one attached hydrogen (secondary N) is 1. The van der Waals surface area contributed by atoms with Gasteiger partial charge in [-0.15, -0.1) is 0 Å². The number of anilines is 1. The van der Waals surface area contributed by atoms with Gasteiger partial charge in [0.1, 0.15) is 17.1 Å². The SMILES string of the molecule is CCc1ccc2c(c1)N[C@@]1(C=C(C)OC(N)=C1C(N)=O)O2. The molecule has 1 aromatic rings. The van der Waals surface area contributed by atoms with E-state index in [1.807, 2.05) is 18.2 Å². The van der Waals surface area contributed by atoms with Crippen LogP contribution in [-0.2, 0) is 16.0 Å². The minimum absolute atomic E-state index is 0.0430. The predicted molar refractivity (Wildman–Crippen MR) is 78.1 cm³/mol. The number of carbonyl (C=O) groups is 1. The second kappa shape index (κ2) is 4.44. The van der Waals surface area contributed by atoms with Crippen molar-refractivity contribution in [3.8, 4) is 5.75 Å². The van der Waals surface area contributed by atoms with Crippen LogP contribution in [0.25, 0.3) is 0 Å². The zero-order chi connectivity index (χ0) is 15.2. The summed E-state index contributed by atoms with van der Waals surface area (Å²) >= 11 is 0. The summed E-state index contributed by atoms with van der Waals surface area (Å²) in [6.45, 7) is 3.80. The van der Waals surface area contributed by atoms with Crippen LogP contribution in [0, 0.1) is 0 Å². The minimum atomic E-state index is -1.20. The van der Waals surface area contributed by atoms with Gasteiger partial charge < -0.3 is 26.3 Å². The van der Waals surface area contributed by atoms with Crippen molar-refractivity contribution in [1.29, 1.82) is 0 Å². The maximum atomic E-state index is 11.8. The van der Waals surface area contributed by atoms with Crippen molar-refractivity contribution in [3.05, 3.63) is 47.1 Å². The lowest BCUT2D eigenvalue weighted by molar-refractivity contribution is -0.116. The minimum Gasteiger partial charge on any atom is -0.457 e. The second-order valence-corrected chi connectivity index (χ2v) is 5.11. The molecule has 0 saturated heterocycles. The molecule has 0 unspecified atom stereocenters. The van der Waals surface area contributed by atoms with E-state index >= 15 is 0 Å². The van der Waals surface area contributed by atoms with Crippen LogP contribution in [0.4, 0.5) is 5.69 Å². The van der Waals surface area contributed by atoms with E-state index in [0.717, 1.165) is 17.7 Å². The largest absolute Gasteiger partial charge is 0.457 e. The van der Waals surface area contributed by atoms with E-state index in [1.165, 1.54) is 0 Å². The number of hydrogen-bond acceptors (Lipinski definition) is 5. The summed E-state index contributed by atoms with van der Waals surface area (Å²) in [6, 6.07) is 5.83. The normalized spacial score (nSPS) is 23.0. The number of primary amides is 1. The molecule has 0 saturated carbocycles. The highest BCUT2D eigenvalue weighted by Gasteiger charge is 2.48. The van der Waals surface area contributed by atoms with Crippen LogP contribution in [0.1, 0.15) is 19.4 Å². The Morgan fingerprint density at radius 3 is 2.86 bits per heavy atom. The van der Waals surface area contributed by atoms with E-state index in [4.69, 9.17) is 20.9 Å². The van der Waals surface area contributed by atoms with Gasteiger partial charge in [-0.2, -0.15) is 0 Å². The van der Waals surface area contributed by atoms with Crippen LogP contribution in [0.2, 0.25) is 0 Å². The lowest BCUT2D eigenvalue weighted by Crippen LogP contribution is -2.48. The first-order chi connectivity index (χ1) is 9.95. The Morgan fingerprint density at radius 2 is 2.19 bits per heavy atom. The summed E-state index contributed by atoms with van der Waals surface area (Å²) in [6.07, 6.45) is 2.57. The third-order valence-electron chi connectivity index (χ3n) is 3.59. The summed E-state index contributed by atoms with van der Waals surface area (Å²) in [4.78, 5) is 11.8. The van der Waals surface area contributed by atoms with Crippen LogP contribution in [0.3, 0.4) is 0 Å². The molecule has 3 rings (SSSR count). The van der Waals surface area contributed by atoms with Crippen LogP contribution < -0.4 is 21.5 Å². The maximum absolute atomic E-state index is 11.8. The molecule has 0 aliphatic carbocycles. The smallest absolute Gasteiger partial charge is 0.256 e. The molecule has 0 aromatic heterocycles. The number of carbonyl (C=O) groups excluding carboxylic acids is 1. The number of amides is 1. The van der Waals surface area contributed by atoms with Gasteiger partial charge in [0.15, 0.2) is 0 Å². The molecule has 2 aliphatic rings. The molecule has 1 amide bonds. The molecular formula is C15H17N3O3. The van der Waals surface area contributed by atoms with E-state index in [2.05, 4.69) is 12.2 Å². The highest BCUT2D eigenvalue weighted by molar-refractivity contribution is 5.97. The summed E-state index contributed by atoms with van der Waals surface area (Å²) in [7, 11) is 0. The average molecular weight is 287 g/mol. The highest BCUT2D eigenvalue weighted by Crippen LogP contribution is 2.43. The third-order valence-corrected chi connectivity index (χ3v) is 3.59. The van der Waals surface area contributed by atoms with Gasteiger partial charge in [-0.1, -0.05) is 13.0 Å². The average Bonchev–Trinajstić information content (AvgIpc) is 2.73. The van der Waals surface area contributed by atoms with Gasteiger partial charge >= 0.3 is 0 Å². The van der Waals surface area contributed by atoms with Crippen molar-refractivity contribution in [3.63, 3.8) is 0 Å². The molecule has 6 nitrogen and oxygen atoms in total. The summed E-state index contributed by atoms with van der Waals surface area (Å²) in [5.41, 5.74) is 12.1. The maximum Gasteiger partial charge on any atom is 0.256 e. The number of benzene rings is 1. The Hall–Kier alpha value is -2.63. The molecule has 5 N–H and O–H groups in total. The van der Waals surface area contributed by atoms with Gasteiger partial charge in [0, 0.05) is 6.08 Å². The fourth-order valence-electron chi connectivity index (χ4n) is 2.66. The summed E-state index contributed by atoms with van der Waals surface area (Å²) in [5.74, 6) is 0.448. The first-order valence-corrected chi connectivity index (χ1v) is 6.72. The van der Waals surface area contributed by atoms with Gasteiger partial charge in [0.25, 0.3) is 5.91 Å². The van der Waals surface area contributed by atoms with Gasteiger partial charge in [-0.05, 0) is 31.0 Å². The fraction of sp³-hybridized carbons (Fsp3) is 0.267. The Morgan fingerprint density at radius 1 is 1.43 bits per heavy atom. The summed E-state index contributed by atoms with van der Waals surface area (Å²) < 4.78 is 11.2. The number of hydrogen-bond donors (Lipinski definition) is 3. The fourth-order valence-corrected chi connectivity index (χ4v) is 2.66. The molecular weight excluding hydrogens is 270 g/mol. The molecule has 0 radical (unpaired) electrons.